The Kier molecular flexibility index (Phi) is 10.2. The van der Waals surface area contributed by atoms with Crippen LogP contribution in [-0.2, 0) is 0 Å². The number of hydrogen-bond acceptors (Lipinski definition) is 3. The molecule has 2 atom stereocenters. The van der Waals surface area contributed by atoms with E-state index in [1.54, 1.807) is 24.3 Å². The highest BCUT2D eigenvalue weighted by atomic mass is 35.5. The first kappa shape index (κ1) is 36.2. The molecular formula is C34H16Cl6F6N2S. The van der Waals surface area contributed by atoms with Crippen molar-refractivity contribution in [2.24, 2.45) is 9.98 Å². The number of rotatable bonds is 6. The first-order valence-corrected chi connectivity index (χ1v) is 17.0. The van der Waals surface area contributed by atoms with Gasteiger partial charge in [0.2, 0.25) is 0 Å². The van der Waals surface area contributed by atoms with Crippen molar-refractivity contribution in [2.45, 2.75) is 34.0 Å². The Morgan fingerprint density at radius 2 is 0.837 bits per heavy atom. The highest BCUT2D eigenvalue weighted by Crippen LogP contribution is 2.47. The van der Waals surface area contributed by atoms with E-state index in [1.807, 2.05) is 0 Å². The van der Waals surface area contributed by atoms with Gasteiger partial charge in [0.25, 0.3) is 0 Å². The molecule has 252 valence electrons. The maximum Gasteiger partial charge on any atom is 0.415 e. The minimum Gasteiger partial charge on any atom is -0.259 e. The Bertz CT molecular complexity index is 1930. The van der Waals surface area contributed by atoms with Crippen molar-refractivity contribution in [3.63, 3.8) is 0 Å². The molecule has 2 aliphatic rings. The highest BCUT2D eigenvalue weighted by Gasteiger charge is 2.45. The van der Waals surface area contributed by atoms with E-state index in [-0.39, 0.29) is 52.7 Å². The molecule has 0 aliphatic carbocycles. The summed E-state index contributed by atoms with van der Waals surface area (Å²) < 4.78 is 84.2. The third-order valence-electron chi connectivity index (χ3n) is 7.62. The summed E-state index contributed by atoms with van der Waals surface area (Å²) in [5, 5.41) is 1.08. The van der Waals surface area contributed by atoms with E-state index in [1.165, 1.54) is 48.5 Å². The number of allylic oxidation sites excluding steroid dienone is 2. The molecule has 2 unspecified atom stereocenters. The summed E-state index contributed by atoms with van der Waals surface area (Å²) in [6.45, 7) is 0. The predicted molar refractivity (Wildman–Crippen MR) is 187 cm³/mol. The molecule has 2 nitrogen and oxygen atoms in total. The molecule has 0 N–H and O–H groups in total. The number of alkyl halides is 6. The maximum absolute atomic E-state index is 14.0. The molecule has 0 spiro atoms. The van der Waals surface area contributed by atoms with Gasteiger partial charge in [0.1, 0.15) is 0 Å². The zero-order chi connectivity index (χ0) is 35.4. The van der Waals surface area contributed by atoms with Crippen molar-refractivity contribution < 1.29 is 26.3 Å². The molecule has 49 heavy (non-hydrogen) atoms. The van der Waals surface area contributed by atoms with Crippen molar-refractivity contribution >= 4 is 92.8 Å². The number of aliphatic imine (C=N–C) groups is 2. The summed E-state index contributed by atoms with van der Waals surface area (Å²) in [5.41, 5.74) is -0.455. The van der Waals surface area contributed by atoms with Crippen molar-refractivity contribution in [3.8, 4) is 0 Å². The summed E-state index contributed by atoms with van der Waals surface area (Å²) in [4.78, 5) is 9.23. The number of nitrogens with zero attached hydrogens (tertiary/aromatic N) is 2. The molecule has 15 heteroatoms. The van der Waals surface area contributed by atoms with Crippen molar-refractivity contribution in [1.82, 2.24) is 0 Å². The van der Waals surface area contributed by atoms with E-state index >= 15 is 0 Å². The fourth-order valence-corrected chi connectivity index (χ4v) is 8.09. The molecule has 6 rings (SSSR count). The van der Waals surface area contributed by atoms with E-state index in [0.29, 0.717) is 20.9 Å². The van der Waals surface area contributed by atoms with Gasteiger partial charge in [-0.25, -0.2) is 0 Å². The highest BCUT2D eigenvalue weighted by molar-refractivity contribution is 7.99. The van der Waals surface area contributed by atoms with Gasteiger partial charge < -0.3 is 0 Å². The zero-order valence-corrected chi connectivity index (χ0v) is 29.4. The van der Waals surface area contributed by atoms with Gasteiger partial charge in [-0.2, -0.15) is 26.3 Å². The van der Waals surface area contributed by atoms with Crippen LogP contribution in [0, 0.1) is 0 Å². The van der Waals surface area contributed by atoms with Gasteiger partial charge in [-0.3, -0.25) is 9.98 Å². The Labute approximate surface area is 310 Å². The summed E-state index contributed by atoms with van der Waals surface area (Å²) in [6.07, 6.45) is -7.80. The fraction of sp³-hybridized carbons (Fsp3) is 0.118. The summed E-state index contributed by atoms with van der Waals surface area (Å²) in [6, 6.07) is 17.8. The smallest absolute Gasteiger partial charge is 0.259 e. The van der Waals surface area contributed by atoms with E-state index in [2.05, 4.69) is 9.98 Å². The second-order valence-electron chi connectivity index (χ2n) is 10.9. The Morgan fingerprint density at radius 1 is 0.490 bits per heavy atom. The van der Waals surface area contributed by atoms with E-state index in [4.69, 9.17) is 69.6 Å². The van der Waals surface area contributed by atoms with Crippen LogP contribution >= 0.6 is 81.4 Å². The lowest BCUT2D eigenvalue weighted by Crippen LogP contribution is -2.22. The monoisotopic (exact) mass is 808 g/mol. The molecule has 0 amide bonds. The maximum atomic E-state index is 14.0. The van der Waals surface area contributed by atoms with Crippen LogP contribution in [0.2, 0.25) is 30.1 Å². The molecule has 0 fully saturated rings. The molecule has 0 aromatic heterocycles. The van der Waals surface area contributed by atoms with Crippen LogP contribution in [0.1, 0.15) is 34.1 Å². The molecule has 0 saturated heterocycles. The van der Waals surface area contributed by atoms with E-state index in [0.717, 1.165) is 24.2 Å². The predicted octanol–water partition coefficient (Wildman–Crippen LogP) is 13.8. The second kappa shape index (κ2) is 13.8. The normalized spacial score (nSPS) is 18.0. The lowest BCUT2D eigenvalue weighted by Gasteiger charge is -2.21. The minimum absolute atomic E-state index is 0.103. The standard InChI is InChI=1S/C34H16Cl6F6N2S/c35-19-5-17(6-20(36)11-19)29-23(33(41,42)43)13-47-31(29)15-1-3-27(25(39)9-15)49-28-4-2-16(10-26(28)40)32-30(24(14-48-32)34(44,45)46)18-7-21(37)12-22(38)8-18/h1-14,29-30H. The van der Waals surface area contributed by atoms with Crippen molar-refractivity contribution in [2.75, 3.05) is 0 Å². The molecule has 0 bridgehead atoms. The van der Waals surface area contributed by atoms with E-state index < -0.39 is 35.3 Å². The average molecular weight is 811 g/mol. The lowest BCUT2D eigenvalue weighted by atomic mass is 9.85. The SMILES string of the molecule is FC(F)(F)C1=CN=C(c2ccc(Sc3ccc(C4=NC=C(C(F)(F)F)C4c4cc(Cl)cc(Cl)c4)cc3Cl)c(Cl)c2)C1c1cc(Cl)cc(Cl)c1. The quantitative estimate of drug-likeness (QED) is 0.178. The van der Waals surface area contributed by atoms with Gasteiger partial charge in [0, 0.05) is 42.3 Å². The molecule has 0 radical (unpaired) electrons. The van der Waals surface area contributed by atoms with Gasteiger partial charge in [0.15, 0.2) is 0 Å². The van der Waals surface area contributed by atoms with Crippen LogP contribution in [0.15, 0.2) is 116 Å². The van der Waals surface area contributed by atoms with Crippen LogP contribution in [0.4, 0.5) is 26.3 Å². The molecule has 2 aliphatic heterocycles. The van der Waals surface area contributed by atoms with Gasteiger partial charge in [-0.05, 0) is 82.9 Å². The molecular weight excluding hydrogens is 795 g/mol. The van der Waals surface area contributed by atoms with Crippen LogP contribution in [-0.4, -0.2) is 23.8 Å². The second-order valence-corrected chi connectivity index (χ2v) is 14.5. The van der Waals surface area contributed by atoms with Gasteiger partial charge in [-0.1, -0.05) is 93.5 Å². The summed E-state index contributed by atoms with van der Waals surface area (Å²) in [7, 11) is 0. The largest absolute Gasteiger partial charge is 0.415 e. The van der Waals surface area contributed by atoms with Crippen molar-refractivity contribution in [3.05, 3.63) is 149 Å². The first-order valence-electron chi connectivity index (χ1n) is 13.9. The molecule has 4 aromatic rings. The lowest BCUT2D eigenvalue weighted by molar-refractivity contribution is -0.0946. The van der Waals surface area contributed by atoms with Crippen LogP contribution in [0.3, 0.4) is 0 Å². The number of halogens is 12. The topological polar surface area (TPSA) is 24.7 Å². The Balaban J connectivity index is 1.27. The average Bonchev–Trinajstić information content (AvgIpc) is 3.64. The number of benzene rings is 4. The summed E-state index contributed by atoms with van der Waals surface area (Å²) in [5.74, 6) is -2.60. The minimum atomic E-state index is -4.68. The van der Waals surface area contributed by atoms with Gasteiger partial charge >= 0.3 is 12.4 Å². The Hall–Kier alpha value is -2.63. The van der Waals surface area contributed by atoms with Gasteiger partial charge in [-0.15, -0.1) is 0 Å². The molecule has 2 heterocycles. The Morgan fingerprint density at radius 3 is 1.14 bits per heavy atom. The van der Waals surface area contributed by atoms with Crippen LogP contribution < -0.4 is 0 Å². The van der Waals surface area contributed by atoms with E-state index in [9.17, 15) is 26.3 Å². The van der Waals surface area contributed by atoms with Crippen LogP contribution in [0.5, 0.6) is 0 Å². The van der Waals surface area contributed by atoms with Crippen molar-refractivity contribution in [1.29, 1.82) is 0 Å². The van der Waals surface area contributed by atoms with Crippen LogP contribution in [0.25, 0.3) is 0 Å². The zero-order valence-electron chi connectivity index (χ0n) is 24.1. The third kappa shape index (κ3) is 7.69. The molecule has 0 saturated carbocycles. The number of hydrogen-bond donors (Lipinski definition) is 0. The van der Waals surface area contributed by atoms with Gasteiger partial charge in [0.05, 0.1) is 44.5 Å². The molecule has 4 aromatic carbocycles. The fourth-order valence-electron chi connectivity index (χ4n) is 5.59. The summed E-state index contributed by atoms with van der Waals surface area (Å²) >= 11 is 38.9. The third-order valence-corrected chi connectivity index (χ3v) is 10.5. The first-order chi connectivity index (χ1) is 23.0.